The zero-order chi connectivity index (χ0) is 14.7. The molecule has 20 heavy (non-hydrogen) atoms. The van der Waals surface area contributed by atoms with Crippen LogP contribution >= 0.6 is 11.6 Å². The molecular formula is C15H19ClN2O2. The fraction of sp³-hybridized carbons (Fsp3) is 0.467. The van der Waals surface area contributed by atoms with Gasteiger partial charge in [-0.2, -0.15) is 0 Å². The van der Waals surface area contributed by atoms with Crippen molar-refractivity contribution in [2.75, 3.05) is 13.1 Å². The van der Waals surface area contributed by atoms with Gasteiger partial charge in [-0.05, 0) is 37.5 Å². The second kappa shape index (κ2) is 6.27. The molecule has 1 unspecified atom stereocenters. The van der Waals surface area contributed by atoms with Crippen molar-refractivity contribution in [3.8, 4) is 0 Å². The highest BCUT2D eigenvalue weighted by Crippen LogP contribution is 2.18. The number of amides is 2. The van der Waals surface area contributed by atoms with E-state index in [1.54, 1.807) is 4.90 Å². The molecule has 4 nitrogen and oxygen atoms in total. The van der Waals surface area contributed by atoms with Gasteiger partial charge in [-0.15, -0.1) is 0 Å². The Morgan fingerprint density at radius 2 is 2.25 bits per heavy atom. The summed E-state index contributed by atoms with van der Waals surface area (Å²) in [5.41, 5.74) is 2.08. The van der Waals surface area contributed by atoms with E-state index in [9.17, 15) is 9.59 Å². The average molecular weight is 295 g/mol. The highest BCUT2D eigenvalue weighted by molar-refractivity contribution is 6.31. The van der Waals surface area contributed by atoms with Crippen molar-refractivity contribution < 1.29 is 9.59 Å². The quantitative estimate of drug-likeness (QED) is 0.926. The number of piperazine rings is 1. The Hall–Kier alpha value is -1.55. The van der Waals surface area contributed by atoms with Crippen LogP contribution in [0.3, 0.4) is 0 Å². The summed E-state index contributed by atoms with van der Waals surface area (Å²) < 4.78 is 0. The molecule has 1 aromatic carbocycles. The van der Waals surface area contributed by atoms with Gasteiger partial charge in [-0.3, -0.25) is 9.59 Å². The van der Waals surface area contributed by atoms with Gasteiger partial charge in [0.05, 0.1) is 6.54 Å². The Kier molecular flexibility index (Phi) is 4.65. The van der Waals surface area contributed by atoms with Gasteiger partial charge in [0.2, 0.25) is 11.8 Å². The molecule has 1 atom stereocenters. The van der Waals surface area contributed by atoms with Crippen LogP contribution in [0.4, 0.5) is 0 Å². The zero-order valence-electron chi connectivity index (χ0n) is 11.8. The van der Waals surface area contributed by atoms with Crippen molar-refractivity contribution in [3.63, 3.8) is 0 Å². The van der Waals surface area contributed by atoms with E-state index >= 15 is 0 Å². The lowest BCUT2D eigenvalue weighted by molar-refractivity contribution is -0.139. The smallest absolute Gasteiger partial charge is 0.239 e. The molecule has 5 heteroatoms. The predicted molar refractivity (Wildman–Crippen MR) is 78.7 cm³/mol. The van der Waals surface area contributed by atoms with Crippen molar-refractivity contribution >= 4 is 23.4 Å². The number of benzene rings is 1. The van der Waals surface area contributed by atoms with Gasteiger partial charge >= 0.3 is 0 Å². The molecule has 2 rings (SSSR count). The fourth-order valence-electron chi connectivity index (χ4n) is 2.33. The SMILES string of the molecule is Cc1ccc(CCC(=O)N2CC(=O)NC(C)C2)cc1Cl. The van der Waals surface area contributed by atoms with E-state index in [-0.39, 0.29) is 24.4 Å². The minimum Gasteiger partial charge on any atom is -0.350 e. The van der Waals surface area contributed by atoms with Gasteiger partial charge in [0, 0.05) is 24.0 Å². The maximum atomic E-state index is 12.1. The number of carbonyl (C=O) groups is 2. The molecule has 1 aliphatic heterocycles. The Bertz CT molecular complexity index is 531. The fourth-order valence-corrected chi connectivity index (χ4v) is 2.53. The lowest BCUT2D eigenvalue weighted by Gasteiger charge is -2.31. The van der Waals surface area contributed by atoms with Crippen molar-refractivity contribution in [3.05, 3.63) is 34.3 Å². The van der Waals surface area contributed by atoms with E-state index in [4.69, 9.17) is 11.6 Å². The van der Waals surface area contributed by atoms with Gasteiger partial charge in [-0.1, -0.05) is 23.7 Å². The van der Waals surface area contributed by atoms with E-state index in [1.807, 2.05) is 32.0 Å². The number of carbonyl (C=O) groups excluding carboxylic acids is 2. The molecule has 1 aliphatic rings. The molecule has 1 N–H and O–H groups in total. The summed E-state index contributed by atoms with van der Waals surface area (Å²) in [6.45, 7) is 4.60. The molecule has 0 aromatic heterocycles. The standard InChI is InChI=1S/C15H19ClN2O2/c1-10-3-4-12(7-13(10)16)5-6-15(20)18-8-11(2)17-14(19)9-18/h3-4,7,11H,5-6,8-9H2,1-2H3,(H,17,19). The number of nitrogens with one attached hydrogen (secondary N) is 1. The van der Waals surface area contributed by atoms with E-state index in [2.05, 4.69) is 5.32 Å². The Balaban J connectivity index is 1.91. The third kappa shape index (κ3) is 3.73. The first-order valence-electron chi connectivity index (χ1n) is 6.78. The lowest BCUT2D eigenvalue weighted by atomic mass is 10.1. The third-order valence-electron chi connectivity index (χ3n) is 3.45. The molecule has 1 aromatic rings. The van der Waals surface area contributed by atoms with Gasteiger partial charge in [0.1, 0.15) is 0 Å². The molecule has 0 spiro atoms. The summed E-state index contributed by atoms with van der Waals surface area (Å²) >= 11 is 6.07. The van der Waals surface area contributed by atoms with Crippen molar-refractivity contribution in [2.45, 2.75) is 32.7 Å². The van der Waals surface area contributed by atoms with Crippen LogP contribution in [0, 0.1) is 6.92 Å². The number of nitrogens with zero attached hydrogens (tertiary/aromatic N) is 1. The number of hydrogen-bond donors (Lipinski definition) is 1. The van der Waals surface area contributed by atoms with Crippen LogP contribution in [0.5, 0.6) is 0 Å². The topological polar surface area (TPSA) is 49.4 Å². The largest absolute Gasteiger partial charge is 0.350 e. The van der Waals surface area contributed by atoms with E-state index in [1.165, 1.54) is 0 Å². The molecule has 2 amide bonds. The lowest BCUT2D eigenvalue weighted by Crippen LogP contribution is -2.54. The molecule has 0 radical (unpaired) electrons. The van der Waals surface area contributed by atoms with Crippen molar-refractivity contribution in [2.24, 2.45) is 0 Å². The van der Waals surface area contributed by atoms with Crippen molar-refractivity contribution in [1.82, 2.24) is 10.2 Å². The first-order chi connectivity index (χ1) is 9.45. The summed E-state index contributed by atoms with van der Waals surface area (Å²) in [5, 5.41) is 3.52. The predicted octanol–water partition coefficient (Wildman–Crippen LogP) is 1.93. The van der Waals surface area contributed by atoms with Crippen LogP contribution < -0.4 is 5.32 Å². The minimum atomic E-state index is -0.0875. The highest BCUT2D eigenvalue weighted by atomic mass is 35.5. The summed E-state index contributed by atoms with van der Waals surface area (Å²) in [4.78, 5) is 25.2. The Morgan fingerprint density at radius 3 is 2.90 bits per heavy atom. The van der Waals surface area contributed by atoms with E-state index in [0.29, 0.717) is 19.4 Å². The van der Waals surface area contributed by atoms with Crippen LogP contribution in [-0.2, 0) is 16.0 Å². The second-order valence-electron chi connectivity index (χ2n) is 5.33. The summed E-state index contributed by atoms with van der Waals surface area (Å²) in [7, 11) is 0. The molecule has 0 aliphatic carbocycles. The molecular weight excluding hydrogens is 276 g/mol. The van der Waals surface area contributed by atoms with Gasteiger partial charge in [-0.25, -0.2) is 0 Å². The second-order valence-corrected chi connectivity index (χ2v) is 5.73. The van der Waals surface area contributed by atoms with E-state index < -0.39 is 0 Å². The average Bonchev–Trinajstić information content (AvgIpc) is 2.38. The van der Waals surface area contributed by atoms with Crippen LogP contribution in [0.2, 0.25) is 5.02 Å². The highest BCUT2D eigenvalue weighted by Gasteiger charge is 2.24. The van der Waals surface area contributed by atoms with E-state index in [0.717, 1.165) is 16.1 Å². The third-order valence-corrected chi connectivity index (χ3v) is 3.86. The molecule has 0 saturated carbocycles. The molecule has 0 bridgehead atoms. The number of rotatable bonds is 3. The zero-order valence-corrected chi connectivity index (χ0v) is 12.5. The van der Waals surface area contributed by atoms with Crippen LogP contribution in [0.15, 0.2) is 18.2 Å². The molecule has 108 valence electrons. The molecule has 1 fully saturated rings. The molecule has 1 saturated heterocycles. The molecule has 1 heterocycles. The number of hydrogen-bond acceptors (Lipinski definition) is 2. The summed E-state index contributed by atoms with van der Waals surface area (Å²) in [6, 6.07) is 5.86. The van der Waals surface area contributed by atoms with Gasteiger partial charge in [0.25, 0.3) is 0 Å². The summed E-state index contributed by atoms with van der Waals surface area (Å²) in [5.74, 6) is -0.0705. The van der Waals surface area contributed by atoms with Gasteiger partial charge in [0.15, 0.2) is 0 Å². The van der Waals surface area contributed by atoms with Crippen molar-refractivity contribution in [1.29, 1.82) is 0 Å². The maximum absolute atomic E-state index is 12.1. The van der Waals surface area contributed by atoms with Gasteiger partial charge < -0.3 is 10.2 Å². The Morgan fingerprint density at radius 1 is 1.50 bits per heavy atom. The Labute approximate surface area is 124 Å². The van der Waals surface area contributed by atoms with Crippen LogP contribution in [0.1, 0.15) is 24.5 Å². The van der Waals surface area contributed by atoms with Crippen LogP contribution in [0.25, 0.3) is 0 Å². The number of aryl methyl sites for hydroxylation is 2. The minimum absolute atomic E-state index is 0.0170. The first kappa shape index (κ1) is 14.9. The summed E-state index contributed by atoms with van der Waals surface area (Å²) in [6.07, 6.45) is 1.05. The van der Waals surface area contributed by atoms with Crippen LogP contribution in [-0.4, -0.2) is 35.8 Å². The monoisotopic (exact) mass is 294 g/mol. The number of halogens is 1. The normalized spacial score (nSPS) is 18.9. The maximum Gasteiger partial charge on any atom is 0.239 e. The first-order valence-corrected chi connectivity index (χ1v) is 7.15.